The average Bonchev–Trinajstić information content (AvgIpc) is 3.30. The van der Waals surface area contributed by atoms with E-state index in [1.807, 2.05) is 88.4 Å². The number of thioether (sulfide) groups is 2. The van der Waals surface area contributed by atoms with Crippen LogP contribution in [-0.2, 0) is 58.8 Å². The number of ketones is 1. The maximum atomic E-state index is 15.6. The number of amides is 1. The number of hydrogen-bond donors (Lipinski definition) is 1. The van der Waals surface area contributed by atoms with Crippen LogP contribution in [0.4, 0.5) is 0 Å². The van der Waals surface area contributed by atoms with Gasteiger partial charge in [-0.1, -0.05) is 99.7 Å². The zero-order valence-corrected chi connectivity index (χ0v) is 42.2. The summed E-state index contributed by atoms with van der Waals surface area (Å²) in [5.74, 6) is -3.50. The number of esters is 4. The zero-order valence-electron chi connectivity index (χ0n) is 40.6. The van der Waals surface area contributed by atoms with Gasteiger partial charge in [-0.15, -0.1) is 0 Å². The van der Waals surface area contributed by atoms with Crippen molar-refractivity contribution in [1.29, 1.82) is 0 Å². The van der Waals surface area contributed by atoms with E-state index in [0.717, 1.165) is 27.6 Å². The van der Waals surface area contributed by atoms with E-state index in [9.17, 15) is 24.0 Å². The molecule has 3 aromatic carbocycles. The topological polar surface area (TPSA) is 183 Å². The molecule has 69 heavy (non-hydrogen) atoms. The summed E-state index contributed by atoms with van der Waals surface area (Å²) in [4.78, 5) is 83.9. The smallest absolute Gasteiger partial charge is 0.303 e. The van der Waals surface area contributed by atoms with Gasteiger partial charge in [0.15, 0.2) is 11.9 Å². The lowest BCUT2D eigenvalue weighted by Gasteiger charge is -2.44. The van der Waals surface area contributed by atoms with Crippen molar-refractivity contribution < 1.29 is 57.2 Å². The first kappa shape index (κ1) is 51.6. The zero-order chi connectivity index (χ0) is 49.7. The van der Waals surface area contributed by atoms with E-state index < -0.39 is 65.3 Å². The summed E-state index contributed by atoms with van der Waals surface area (Å²) < 4.78 is 36.8. The number of aromatic nitrogens is 1. The van der Waals surface area contributed by atoms with Gasteiger partial charge in [-0.25, -0.2) is 0 Å². The fourth-order valence-electron chi connectivity index (χ4n) is 10.0. The second kappa shape index (κ2) is 22.6. The Balaban J connectivity index is 1.44. The summed E-state index contributed by atoms with van der Waals surface area (Å²) in [6.45, 7) is 14.5. The number of pyridine rings is 1. The molecule has 12 atom stereocenters. The van der Waals surface area contributed by atoms with Crippen LogP contribution in [-0.4, -0.2) is 88.6 Å². The van der Waals surface area contributed by atoms with Gasteiger partial charge in [-0.3, -0.25) is 33.8 Å². The molecule has 11 unspecified atom stereocenters. The molecule has 2 fully saturated rings. The van der Waals surface area contributed by atoms with E-state index in [1.54, 1.807) is 6.20 Å². The second-order valence-electron chi connectivity index (χ2n) is 18.3. The highest BCUT2D eigenvalue weighted by molar-refractivity contribution is 8.00. The molecule has 0 bridgehead atoms. The third-order valence-corrected chi connectivity index (χ3v) is 15.9. The molecule has 2 saturated heterocycles. The molecular weight excluding hydrogens is 921 g/mol. The van der Waals surface area contributed by atoms with Crippen LogP contribution >= 0.6 is 23.5 Å². The minimum atomic E-state index is -1.05. The maximum Gasteiger partial charge on any atom is 0.303 e. The Hall–Kier alpha value is -5.29. The summed E-state index contributed by atoms with van der Waals surface area (Å²) in [6, 6.07) is 21.5. The third-order valence-electron chi connectivity index (χ3n) is 13.4. The molecule has 0 radical (unpaired) electrons. The van der Waals surface area contributed by atoms with Crippen molar-refractivity contribution in [2.45, 2.75) is 151 Å². The Morgan fingerprint density at radius 1 is 0.681 bits per heavy atom. The Morgan fingerprint density at radius 3 is 1.96 bits per heavy atom. The van der Waals surface area contributed by atoms with Crippen LogP contribution in [0.15, 0.2) is 82.7 Å². The van der Waals surface area contributed by atoms with Crippen molar-refractivity contribution in [2.75, 3.05) is 6.61 Å². The van der Waals surface area contributed by atoms with Crippen LogP contribution in [0.2, 0.25) is 0 Å². The fraction of sp³-hybridized carbons (Fsp3) is 0.491. The highest BCUT2D eigenvalue weighted by Gasteiger charge is 2.49. The van der Waals surface area contributed by atoms with Crippen molar-refractivity contribution in [3.8, 4) is 0 Å². The first-order valence-corrected chi connectivity index (χ1v) is 25.4. The molecule has 4 aromatic rings. The quantitative estimate of drug-likeness (QED) is 0.0676. The standard InChI is InChI=1S/C53H62N2O12S2/c1-10-43-29(4)50(64-33(8)59)51(65-34(9)60)53(66-43)69-46-25-37(38-20-21-41(55-30(5)56)40-19-12-11-18-39(38)40)24-45(47(46)42(61)23-36-16-13-15-35-17-14-22-54-48(35)36)68-52-28(3)27(2)49(63-32(7)58)44(67-52)26-62-31(6)57/h11-19,22,24-25,27-29,38,41,43-44,49-53H,10,20-21,23,26H2,1-9H3,(H,55,56)/t27?,28?,29?,38?,41-,43?,44?,49?,50?,51?,52?,53?/m1/s1. The molecule has 1 N–H and O–H groups in total. The molecular formula is C53H62N2O12S2. The monoisotopic (exact) mass is 982 g/mol. The van der Waals surface area contributed by atoms with Crippen molar-refractivity contribution in [3.05, 3.63) is 101 Å². The van der Waals surface area contributed by atoms with Crippen LogP contribution in [0.5, 0.6) is 0 Å². The van der Waals surface area contributed by atoms with Gasteiger partial charge in [0.1, 0.15) is 35.8 Å². The number of carbonyl (C=O) groups is 6. The number of nitrogens with zero attached hydrogens (tertiary/aromatic N) is 1. The number of nitrogens with one attached hydrogen (secondary N) is 1. The van der Waals surface area contributed by atoms with Gasteiger partial charge in [0.05, 0.1) is 17.7 Å². The third kappa shape index (κ3) is 12.0. The summed E-state index contributed by atoms with van der Waals surface area (Å²) in [5.41, 5.74) is 3.15. The molecule has 1 amide bonds. The lowest BCUT2D eigenvalue weighted by atomic mass is 9.76. The Labute approximate surface area is 412 Å². The van der Waals surface area contributed by atoms with Crippen LogP contribution < -0.4 is 5.32 Å². The lowest BCUT2D eigenvalue weighted by molar-refractivity contribution is -0.207. The van der Waals surface area contributed by atoms with E-state index in [0.29, 0.717) is 40.1 Å². The predicted molar refractivity (Wildman–Crippen MR) is 260 cm³/mol. The minimum Gasteiger partial charge on any atom is -0.463 e. The molecule has 3 heterocycles. The molecule has 3 aliphatic rings. The second-order valence-corrected chi connectivity index (χ2v) is 20.6. The van der Waals surface area contributed by atoms with Crippen LogP contribution in [0.1, 0.15) is 126 Å². The largest absolute Gasteiger partial charge is 0.463 e. The van der Waals surface area contributed by atoms with Crippen molar-refractivity contribution in [1.82, 2.24) is 10.3 Å². The van der Waals surface area contributed by atoms with Gasteiger partial charge in [0.2, 0.25) is 5.91 Å². The normalized spacial score (nSPS) is 27.6. The molecule has 0 spiro atoms. The molecule has 14 nitrogen and oxygen atoms in total. The Morgan fingerprint density at radius 2 is 1.30 bits per heavy atom. The number of hydrogen-bond acceptors (Lipinski definition) is 15. The molecule has 368 valence electrons. The van der Waals surface area contributed by atoms with Crippen molar-refractivity contribution in [2.24, 2.45) is 17.8 Å². The number of carbonyl (C=O) groups excluding carboxylic acids is 6. The van der Waals surface area contributed by atoms with Crippen LogP contribution in [0.25, 0.3) is 10.9 Å². The highest BCUT2D eigenvalue weighted by atomic mass is 32.2. The number of fused-ring (bicyclic) bond motifs is 2. The summed E-state index contributed by atoms with van der Waals surface area (Å²) in [7, 11) is 0. The maximum absolute atomic E-state index is 15.6. The van der Waals surface area contributed by atoms with E-state index in [2.05, 4.69) is 16.4 Å². The Kier molecular flexibility index (Phi) is 16.9. The molecule has 1 aromatic heterocycles. The number of Topliss-reactive ketones (excluding diaryl/α,β-unsaturated/α-hetero) is 1. The van der Waals surface area contributed by atoms with E-state index in [1.165, 1.54) is 58.1 Å². The summed E-state index contributed by atoms with van der Waals surface area (Å²) in [6.07, 6.45) is -0.284. The first-order chi connectivity index (χ1) is 32.9. The lowest BCUT2D eigenvalue weighted by Crippen LogP contribution is -2.55. The van der Waals surface area contributed by atoms with Crippen molar-refractivity contribution >= 4 is 70.0 Å². The van der Waals surface area contributed by atoms with Gasteiger partial charge >= 0.3 is 23.9 Å². The van der Waals surface area contributed by atoms with E-state index >= 15 is 4.79 Å². The SMILES string of the molecule is CCC1OC(Sc2cc(C3CC[C@@H](NC(C)=O)c4ccccc43)cc(SC3OC(COC(C)=O)C(OC(C)=O)C(C)C3C)c2C(=O)Cc2cccc3cccnc23)C(OC(C)=O)C(OC(C)=O)C1C. The summed E-state index contributed by atoms with van der Waals surface area (Å²) in [5, 5.41) is 4.01. The van der Waals surface area contributed by atoms with Crippen LogP contribution in [0.3, 0.4) is 0 Å². The van der Waals surface area contributed by atoms with Gasteiger partial charge in [0.25, 0.3) is 0 Å². The van der Waals surface area contributed by atoms with Gasteiger partial charge in [-0.05, 0) is 65.6 Å². The number of para-hydroxylation sites is 1. The van der Waals surface area contributed by atoms with E-state index in [-0.39, 0.29) is 54.4 Å². The number of benzene rings is 3. The summed E-state index contributed by atoms with van der Waals surface area (Å²) >= 11 is 2.62. The molecule has 1 aliphatic carbocycles. The molecule has 7 rings (SSSR count). The average molecular weight is 983 g/mol. The molecule has 0 saturated carbocycles. The minimum absolute atomic E-state index is 0.0237. The molecule has 16 heteroatoms. The van der Waals surface area contributed by atoms with Crippen molar-refractivity contribution in [3.63, 3.8) is 0 Å². The van der Waals surface area contributed by atoms with Gasteiger partial charge < -0.3 is 33.7 Å². The first-order valence-electron chi connectivity index (χ1n) is 23.6. The van der Waals surface area contributed by atoms with Gasteiger partial charge in [0, 0.05) is 85.7 Å². The highest BCUT2D eigenvalue weighted by Crippen LogP contribution is 2.49. The number of rotatable bonds is 15. The predicted octanol–water partition coefficient (Wildman–Crippen LogP) is 9.07. The fourth-order valence-corrected chi connectivity index (χ4v) is 12.9. The van der Waals surface area contributed by atoms with Crippen LogP contribution in [0, 0.1) is 17.8 Å². The number of ether oxygens (including phenoxy) is 6. The van der Waals surface area contributed by atoms with E-state index in [4.69, 9.17) is 28.4 Å². The molecule has 2 aliphatic heterocycles. The van der Waals surface area contributed by atoms with Gasteiger partial charge in [-0.2, -0.15) is 0 Å². The Bertz CT molecular complexity index is 2570.